The van der Waals surface area contributed by atoms with Crippen LogP contribution in [0.5, 0.6) is 0 Å². The van der Waals surface area contributed by atoms with Gasteiger partial charge in [-0.15, -0.1) is 5.92 Å². The van der Waals surface area contributed by atoms with Gasteiger partial charge in [0.15, 0.2) is 5.82 Å². The Morgan fingerprint density at radius 3 is 2.73 bits per heavy atom. The van der Waals surface area contributed by atoms with E-state index < -0.39 is 0 Å². The van der Waals surface area contributed by atoms with Gasteiger partial charge in [-0.3, -0.25) is 9.89 Å². The number of anilines is 2. The second kappa shape index (κ2) is 9.20. The van der Waals surface area contributed by atoms with Crippen LogP contribution in [0.25, 0.3) is 22.2 Å². The fraction of sp³-hybridized carbons (Fsp3) is 0.429. The van der Waals surface area contributed by atoms with Crippen molar-refractivity contribution in [1.82, 2.24) is 25.1 Å². The van der Waals surface area contributed by atoms with E-state index in [2.05, 4.69) is 57.5 Å². The number of fused-ring (bicyclic) bond motifs is 1. The van der Waals surface area contributed by atoms with Gasteiger partial charge < -0.3 is 19.4 Å². The molecule has 3 fully saturated rings. The average molecular weight is 498 g/mol. The third-order valence-electron chi connectivity index (χ3n) is 7.77. The van der Waals surface area contributed by atoms with Crippen LogP contribution in [0, 0.1) is 24.2 Å². The predicted molar refractivity (Wildman–Crippen MR) is 143 cm³/mol. The van der Waals surface area contributed by atoms with E-state index in [1.54, 1.807) is 0 Å². The number of ether oxygens (including phenoxy) is 1. The Bertz CT molecular complexity index is 1440. The summed E-state index contributed by atoms with van der Waals surface area (Å²) in [5.74, 6) is 8.06. The summed E-state index contributed by atoms with van der Waals surface area (Å²) in [7, 11) is 0. The van der Waals surface area contributed by atoms with E-state index in [1.807, 2.05) is 18.0 Å². The smallest absolute Gasteiger partial charge is 0.245 e. The Kier molecular flexibility index (Phi) is 5.84. The lowest BCUT2D eigenvalue weighted by atomic mass is 9.79. The maximum Gasteiger partial charge on any atom is 0.245 e. The highest BCUT2D eigenvalue weighted by Gasteiger charge is 2.49. The number of rotatable bonds is 4. The predicted octanol–water partition coefficient (Wildman–Crippen LogP) is 2.76. The van der Waals surface area contributed by atoms with Gasteiger partial charge in [-0.05, 0) is 38.0 Å². The van der Waals surface area contributed by atoms with E-state index in [0.29, 0.717) is 19.2 Å². The quantitative estimate of drug-likeness (QED) is 0.438. The van der Waals surface area contributed by atoms with Crippen LogP contribution in [0.4, 0.5) is 11.8 Å². The number of benzene rings is 1. The maximum atomic E-state index is 12.1. The van der Waals surface area contributed by atoms with Crippen LogP contribution < -0.4 is 9.80 Å². The second-order valence-electron chi connectivity index (χ2n) is 10.2. The van der Waals surface area contributed by atoms with Crippen molar-refractivity contribution < 1.29 is 9.53 Å². The molecule has 0 atom stereocenters. The number of carbonyl (C=O) groups is 1. The van der Waals surface area contributed by atoms with Crippen molar-refractivity contribution in [3.63, 3.8) is 0 Å². The molecular formula is C28H31N7O2. The van der Waals surface area contributed by atoms with Crippen molar-refractivity contribution >= 4 is 28.6 Å². The molecular weight excluding hydrogens is 466 g/mol. The second-order valence-corrected chi connectivity index (χ2v) is 10.2. The molecule has 1 spiro atoms. The third-order valence-corrected chi connectivity index (χ3v) is 7.77. The van der Waals surface area contributed by atoms with E-state index in [-0.39, 0.29) is 11.3 Å². The molecule has 37 heavy (non-hydrogen) atoms. The van der Waals surface area contributed by atoms with Gasteiger partial charge in [-0.1, -0.05) is 18.6 Å². The number of aromatic amines is 1. The lowest BCUT2D eigenvalue weighted by Crippen LogP contribution is -2.59. The lowest BCUT2D eigenvalue weighted by Gasteiger charge is -2.47. The number of hydrogen-bond acceptors (Lipinski definition) is 7. The molecule has 3 aliphatic heterocycles. The molecule has 0 aliphatic carbocycles. The average Bonchev–Trinajstić information content (AvgIpc) is 3.56. The van der Waals surface area contributed by atoms with Crippen molar-refractivity contribution in [1.29, 1.82) is 0 Å². The SMILES string of the molecule is C=CC(=O)N1CC2(CCN(c3nc(N4CCOCC4)nc(-c4c(C)ccc5[nH]ncc45)c3C#CC)C2)C1. The minimum absolute atomic E-state index is 0.00391. The third kappa shape index (κ3) is 4.02. The molecule has 1 amide bonds. The van der Waals surface area contributed by atoms with Gasteiger partial charge in [0.1, 0.15) is 0 Å². The maximum absolute atomic E-state index is 12.1. The van der Waals surface area contributed by atoms with Gasteiger partial charge in [0.25, 0.3) is 0 Å². The largest absolute Gasteiger partial charge is 0.378 e. The zero-order chi connectivity index (χ0) is 25.6. The molecule has 1 aromatic carbocycles. The Morgan fingerprint density at radius 1 is 1.16 bits per heavy atom. The number of hydrogen-bond donors (Lipinski definition) is 1. The highest BCUT2D eigenvalue weighted by molar-refractivity contribution is 5.97. The van der Waals surface area contributed by atoms with Gasteiger partial charge in [0.2, 0.25) is 11.9 Å². The Hall–Kier alpha value is -3.90. The molecule has 2 aromatic heterocycles. The first kappa shape index (κ1) is 23.5. The van der Waals surface area contributed by atoms with Gasteiger partial charge in [-0.2, -0.15) is 10.1 Å². The first-order valence-electron chi connectivity index (χ1n) is 12.8. The van der Waals surface area contributed by atoms with E-state index >= 15 is 0 Å². The van der Waals surface area contributed by atoms with Crippen molar-refractivity contribution in [2.75, 3.05) is 62.3 Å². The summed E-state index contributed by atoms with van der Waals surface area (Å²) in [4.78, 5) is 28.8. The molecule has 9 heteroatoms. The van der Waals surface area contributed by atoms with Crippen LogP contribution in [0.2, 0.25) is 0 Å². The molecule has 3 aliphatic rings. The number of nitrogens with one attached hydrogen (secondary N) is 1. The van der Waals surface area contributed by atoms with Crippen molar-refractivity contribution in [2.45, 2.75) is 20.3 Å². The minimum atomic E-state index is 0.00391. The number of aromatic nitrogens is 4. The van der Waals surface area contributed by atoms with Crippen LogP contribution in [-0.4, -0.2) is 83.5 Å². The van der Waals surface area contributed by atoms with Crippen LogP contribution in [0.15, 0.2) is 31.0 Å². The molecule has 0 bridgehead atoms. The molecule has 190 valence electrons. The highest BCUT2D eigenvalue weighted by Crippen LogP contribution is 2.43. The summed E-state index contributed by atoms with van der Waals surface area (Å²) in [5.41, 5.74) is 4.87. The number of likely N-dealkylation sites (tertiary alicyclic amines) is 1. The van der Waals surface area contributed by atoms with Crippen molar-refractivity contribution in [2.24, 2.45) is 5.41 Å². The standard InChI is InChI=1S/C28H31N7O2/c1-4-6-20-25(24-19(3)7-8-22-21(24)15-29-32-22)30-27(33-11-13-37-14-12-33)31-26(20)34-10-9-28(16-34)17-35(18-28)23(36)5-2/h5,7-8,15H,2,9-14,16-18H2,1,3H3,(H,29,32). The van der Waals surface area contributed by atoms with Crippen LogP contribution in [-0.2, 0) is 9.53 Å². The van der Waals surface area contributed by atoms with E-state index in [4.69, 9.17) is 14.7 Å². The monoisotopic (exact) mass is 497 g/mol. The first-order valence-corrected chi connectivity index (χ1v) is 12.8. The summed E-state index contributed by atoms with van der Waals surface area (Å²) < 4.78 is 5.60. The zero-order valence-corrected chi connectivity index (χ0v) is 21.4. The highest BCUT2D eigenvalue weighted by atomic mass is 16.5. The Labute approximate surface area is 216 Å². The van der Waals surface area contributed by atoms with Crippen LogP contribution >= 0.6 is 0 Å². The molecule has 0 saturated carbocycles. The first-order chi connectivity index (χ1) is 18.0. The normalized spacial score (nSPS) is 18.6. The van der Waals surface area contributed by atoms with Gasteiger partial charge >= 0.3 is 0 Å². The summed E-state index contributed by atoms with van der Waals surface area (Å²) in [5, 5.41) is 8.42. The molecule has 3 saturated heterocycles. The number of H-pyrrole nitrogens is 1. The zero-order valence-electron chi connectivity index (χ0n) is 21.4. The Balaban J connectivity index is 1.48. The van der Waals surface area contributed by atoms with Gasteiger partial charge in [0, 0.05) is 55.6 Å². The molecule has 5 heterocycles. The summed E-state index contributed by atoms with van der Waals surface area (Å²) >= 11 is 0. The number of aryl methyl sites for hydroxylation is 1. The lowest BCUT2D eigenvalue weighted by molar-refractivity contribution is -0.136. The van der Waals surface area contributed by atoms with Crippen molar-refractivity contribution in [3.8, 4) is 23.1 Å². The van der Waals surface area contributed by atoms with Crippen molar-refractivity contribution in [3.05, 3.63) is 42.1 Å². The molecule has 0 radical (unpaired) electrons. The molecule has 3 aromatic rings. The molecule has 1 N–H and O–H groups in total. The number of nitrogens with zero attached hydrogens (tertiary/aromatic N) is 6. The summed E-state index contributed by atoms with van der Waals surface area (Å²) in [6.45, 7) is 13.6. The fourth-order valence-electron chi connectivity index (χ4n) is 5.86. The van der Waals surface area contributed by atoms with E-state index in [1.165, 1.54) is 6.08 Å². The number of morpholine rings is 1. The molecule has 6 rings (SSSR count). The minimum Gasteiger partial charge on any atom is -0.378 e. The molecule has 9 nitrogen and oxygen atoms in total. The molecule has 0 unspecified atom stereocenters. The Morgan fingerprint density at radius 2 is 1.97 bits per heavy atom. The number of amides is 1. The van der Waals surface area contributed by atoms with Gasteiger partial charge in [0.05, 0.1) is 36.2 Å². The van der Waals surface area contributed by atoms with E-state index in [0.717, 1.165) is 84.8 Å². The topological polar surface area (TPSA) is 90.5 Å². The number of carbonyl (C=O) groups excluding carboxylic acids is 1. The van der Waals surface area contributed by atoms with Crippen LogP contribution in [0.3, 0.4) is 0 Å². The fourth-order valence-corrected chi connectivity index (χ4v) is 5.86. The van der Waals surface area contributed by atoms with E-state index in [9.17, 15) is 4.79 Å². The summed E-state index contributed by atoms with van der Waals surface area (Å²) in [6.07, 6.45) is 4.27. The van der Waals surface area contributed by atoms with Crippen LogP contribution in [0.1, 0.15) is 24.5 Å². The summed E-state index contributed by atoms with van der Waals surface area (Å²) in [6, 6.07) is 4.15. The van der Waals surface area contributed by atoms with Gasteiger partial charge in [-0.25, -0.2) is 4.98 Å².